The van der Waals surface area contributed by atoms with Gasteiger partial charge in [0.2, 0.25) is 0 Å². The molecule has 108 valence electrons. The molecule has 0 aliphatic carbocycles. The zero-order valence-corrected chi connectivity index (χ0v) is 12.5. The molecule has 5 nitrogen and oxygen atoms in total. The van der Waals surface area contributed by atoms with Gasteiger partial charge in [-0.05, 0) is 46.2 Å². The van der Waals surface area contributed by atoms with E-state index in [0.29, 0.717) is 0 Å². The minimum Gasteiger partial charge on any atom is -0.321 e. The van der Waals surface area contributed by atoms with Crippen LogP contribution >= 0.6 is 0 Å². The predicted octanol–water partition coefficient (Wildman–Crippen LogP) is 1.95. The van der Waals surface area contributed by atoms with Crippen LogP contribution < -0.4 is 5.73 Å². The standard InChI is InChI=1S/C14H27N5/c1-4-8-19-12(11-16-17-19)13(15)14(2,3)18-9-6-5-7-10-18/h11,13H,4-10,15H2,1-3H3. The molecule has 0 amide bonds. The number of hydrogen-bond acceptors (Lipinski definition) is 4. The molecule has 1 saturated heterocycles. The average molecular weight is 265 g/mol. The van der Waals surface area contributed by atoms with Crippen molar-refractivity contribution in [3.8, 4) is 0 Å². The smallest absolute Gasteiger partial charge is 0.0773 e. The van der Waals surface area contributed by atoms with Crippen LogP contribution in [0.3, 0.4) is 0 Å². The first-order chi connectivity index (χ1) is 9.07. The molecular weight excluding hydrogens is 238 g/mol. The van der Waals surface area contributed by atoms with Crippen LogP contribution in [0, 0.1) is 0 Å². The van der Waals surface area contributed by atoms with E-state index in [-0.39, 0.29) is 11.6 Å². The normalized spacial score (nSPS) is 19.6. The van der Waals surface area contributed by atoms with Gasteiger partial charge in [0.1, 0.15) is 0 Å². The van der Waals surface area contributed by atoms with Crippen molar-refractivity contribution in [1.82, 2.24) is 19.9 Å². The predicted molar refractivity (Wildman–Crippen MR) is 76.7 cm³/mol. The molecule has 1 aromatic heterocycles. The SMILES string of the molecule is CCCn1nncc1C(N)C(C)(C)N1CCCCC1. The van der Waals surface area contributed by atoms with Crippen LogP contribution in [0.5, 0.6) is 0 Å². The second-order valence-corrected chi connectivity index (χ2v) is 6.06. The molecular formula is C14H27N5. The number of nitrogens with zero attached hydrogens (tertiary/aromatic N) is 4. The average Bonchev–Trinajstić information content (AvgIpc) is 2.87. The van der Waals surface area contributed by atoms with Crippen molar-refractivity contribution in [3.63, 3.8) is 0 Å². The molecule has 2 N–H and O–H groups in total. The molecule has 0 saturated carbocycles. The third kappa shape index (κ3) is 2.98. The van der Waals surface area contributed by atoms with Gasteiger partial charge in [-0.1, -0.05) is 18.6 Å². The highest BCUT2D eigenvalue weighted by Gasteiger charge is 2.36. The number of hydrogen-bond donors (Lipinski definition) is 1. The summed E-state index contributed by atoms with van der Waals surface area (Å²) in [4.78, 5) is 2.52. The molecule has 19 heavy (non-hydrogen) atoms. The number of likely N-dealkylation sites (tertiary alicyclic amines) is 1. The van der Waals surface area contributed by atoms with Crippen molar-refractivity contribution in [2.75, 3.05) is 13.1 Å². The van der Waals surface area contributed by atoms with Crippen LogP contribution in [-0.2, 0) is 6.54 Å². The van der Waals surface area contributed by atoms with E-state index >= 15 is 0 Å². The molecule has 1 fully saturated rings. The van der Waals surface area contributed by atoms with Gasteiger partial charge in [0.15, 0.2) is 0 Å². The highest BCUT2D eigenvalue weighted by Crippen LogP contribution is 2.31. The summed E-state index contributed by atoms with van der Waals surface area (Å²) in [7, 11) is 0. The zero-order valence-electron chi connectivity index (χ0n) is 12.5. The fourth-order valence-electron chi connectivity index (χ4n) is 2.92. The molecule has 1 atom stereocenters. The summed E-state index contributed by atoms with van der Waals surface area (Å²) in [5, 5.41) is 8.19. The summed E-state index contributed by atoms with van der Waals surface area (Å²) >= 11 is 0. The van der Waals surface area contributed by atoms with Gasteiger partial charge in [0.25, 0.3) is 0 Å². The maximum atomic E-state index is 6.54. The first-order valence-corrected chi connectivity index (χ1v) is 7.46. The Kier molecular flexibility index (Phi) is 4.58. The lowest BCUT2D eigenvalue weighted by Gasteiger charge is -2.44. The zero-order chi connectivity index (χ0) is 13.9. The Morgan fingerprint density at radius 1 is 1.32 bits per heavy atom. The number of piperidine rings is 1. The van der Waals surface area contributed by atoms with Gasteiger partial charge in [0, 0.05) is 12.1 Å². The lowest BCUT2D eigenvalue weighted by atomic mass is 9.89. The first kappa shape index (κ1) is 14.5. The molecule has 1 aromatic rings. The molecule has 1 aliphatic heterocycles. The Labute approximate surface area is 116 Å². The molecule has 2 heterocycles. The fraction of sp³-hybridized carbons (Fsp3) is 0.857. The maximum Gasteiger partial charge on any atom is 0.0773 e. The molecule has 0 aromatic carbocycles. The molecule has 0 spiro atoms. The maximum absolute atomic E-state index is 6.54. The number of aromatic nitrogens is 3. The quantitative estimate of drug-likeness (QED) is 0.884. The summed E-state index contributed by atoms with van der Waals surface area (Å²) in [5.41, 5.74) is 7.54. The van der Waals surface area contributed by atoms with Crippen LogP contribution in [0.1, 0.15) is 58.2 Å². The highest BCUT2D eigenvalue weighted by molar-refractivity contribution is 5.10. The van der Waals surface area contributed by atoms with Crippen LogP contribution in [0.25, 0.3) is 0 Å². The number of aryl methyl sites for hydroxylation is 1. The Bertz CT molecular complexity index is 392. The van der Waals surface area contributed by atoms with E-state index < -0.39 is 0 Å². The topological polar surface area (TPSA) is 60.0 Å². The van der Waals surface area contributed by atoms with Crippen LogP contribution in [0.15, 0.2) is 6.20 Å². The Hall–Kier alpha value is -0.940. The summed E-state index contributed by atoms with van der Waals surface area (Å²) < 4.78 is 1.95. The Morgan fingerprint density at radius 2 is 2.00 bits per heavy atom. The van der Waals surface area contributed by atoms with E-state index in [1.54, 1.807) is 0 Å². The van der Waals surface area contributed by atoms with Crippen LogP contribution in [0.4, 0.5) is 0 Å². The Balaban J connectivity index is 2.16. The van der Waals surface area contributed by atoms with Crippen molar-refractivity contribution >= 4 is 0 Å². The van der Waals surface area contributed by atoms with Crippen molar-refractivity contribution < 1.29 is 0 Å². The lowest BCUT2D eigenvalue weighted by Crippen LogP contribution is -2.53. The van der Waals surface area contributed by atoms with Gasteiger partial charge in [-0.25, -0.2) is 4.68 Å². The van der Waals surface area contributed by atoms with Crippen LogP contribution in [0.2, 0.25) is 0 Å². The third-order valence-electron chi connectivity index (χ3n) is 4.33. The highest BCUT2D eigenvalue weighted by atomic mass is 15.4. The summed E-state index contributed by atoms with van der Waals surface area (Å²) in [6.07, 6.45) is 6.78. The largest absolute Gasteiger partial charge is 0.321 e. The second-order valence-electron chi connectivity index (χ2n) is 6.06. The number of nitrogens with two attached hydrogens (primary N) is 1. The van der Waals surface area contributed by atoms with E-state index in [4.69, 9.17) is 5.73 Å². The minimum absolute atomic E-state index is 0.0480. The van der Waals surface area contributed by atoms with E-state index in [2.05, 4.69) is 36.0 Å². The van der Waals surface area contributed by atoms with Gasteiger partial charge in [-0.2, -0.15) is 0 Å². The van der Waals surface area contributed by atoms with E-state index in [1.807, 2.05) is 10.9 Å². The van der Waals surface area contributed by atoms with Crippen molar-refractivity contribution in [3.05, 3.63) is 11.9 Å². The van der Waals surface area contributed by atoms with Gasteiger partial charge < -0.3 is 5.73 Å². The third-order valence-corrected chi connectivity index (χ3v) is 4.33. The van der Waals surface area contributed by atoms with Gasteiger partial charge >= 0.3 is 0 Å². The molecule has 0 radical (unpaired) electrons. The Morgan fingerprint density at radius 3 is 2.63 bits per heavy atom. The lowest BCUT2D eigenvalue weighted by molar-refractivity contribution is 0.0704. The summed E-state index contributed by atoms with van der Waals surface area (Å²) in [6.45, 7) is 9.82. The van der Waals surface area contributed by atoms with E-state index in [9.17, 15) is 0 Å². The molecule has 2 rings (SSSR count). The van der Waals surface area contributed by atoms with Crippen molar-refractivity contribution in [1.29, 1.82) is 0 Å². The van der Waals surface area contributed by atoms with E-state index in [1.165, 1.54) is 19.3 Å². The molecule has 1 unspecified atom stereocenters. The summed E-state index contributed by atoms with van der Waals surface area (Å²) in [5.74, 6) is 0. The van der Waals surface area contributed by atoms with Gasteiger partial charge in [0.05, 0.1) is 17.9 Å². The first-order valence-electron chi connectivity index (χ1n) is 7.46. The number of rotatable bonds is 5. The van der Waals surface area contributed by atoms with Gasteiger partial charge in [-0.3, -0.25) is 4.90 Å². The fourth-order valence-corrected chi connectivity index (χ4v) is 2.92. The molecule has 0 bridgehead atoms. The second kappa shape index (κ2) is 6.01. The van der Waals surface area contributed by atoms with Crippen LogP contribution in [-0.4, -0.2) is 38.5 Å². The monoisotopic (exact) mass is 265 g/mol. The molecule has 1 aliphatic rings. The van der Waals surface area contributed by atoms with Crippen molar-refractivity contribution in [2.24, 2.45) is 5.73 Å². The van der Waals surface area contributed by atoms with Crippen molar-refractivity contribution in [2.45, 2.75) is 64.6 Å². The minimum atomic E-state index is -0.0489. The van der Waals surface area contributed by atoms with E-state index in [0.717, 1.165) is 31.7 Å². The summed E-state index contributed by atoms with van der Waals surface area (Å²) in [6, 6.07) is -0.0489. The molecule has 5 heteroatoms. The van der Waals surface area contributed by atoms with Gasteiger partial charge in [-0.15, -0.1) is 5.10 Å².